The van der Waals surface area contributed by atoms with Gasteiger partial charge in [-0.05, 0) is 24.2 Å². The molecule has 0 bridgehead atoms. The highest BCUT2D eigenvalue weighted by Crippen LogP contribution is 2.43. The second kappa shape index (κ2) is 5.76. The van der Waals surface area contributed by atoms with Crippen molar-refractivity contribution in [3.63, 3.8) is 0 Å². The molecular formula is C17H19NO3. The molecule has 0 aliphatic carbocycles. The summed E-state index contributed by atoms with van der Waals surface area (Å²) in [5, 5.41) is 23.0. The lowest BCUT2D eigenvalue weighted by Crippen LogP contribution is -2.27. The van der Waals surface area contributed by atoms with Crippen LogP contribution >= 0.6 is 0 Å². The first-order valence-electron chi connectivity index (χ1n) is 7.09. The maximum Gasteiger partial charge on any atom is 0.161 e. The maximum absolute atomic E-state index is 10.2. The SMILES string of the molecule is CNCC1OC(c2ccccc2)Cc2c1ccc(O)c2O. The third-order valence-electron chi connectivity index (χ3n) is 3.92. The van der Waals surface area contributed by atoms with Gasteiger partial charge in [-0.25, -0.2) is 0 Å². The number of phenols is 2. The molecule has 0 fully saturated rings. The maximum atomic E-state index is 10.2. The second-order valence-electron chi connectivity index (χ2n) is 5.29. The summed E-state index contributed by atoms with van der Waals surface area (Å²) in [6.45, 7) is 0.653. The largest absolute Gasteiger partial charge is 0.504 e. The van der Waals surface area contributed by atoms with Crippen LogP contribution < -0.4 is 5.32 Å². The molecule has 1 aliphatic heterocycles. The Labute approximate surface area is 124 Å². The molecule has 0 spiro atoms. The Morgan fingerprint density at radius 2 is 1.90 bits per heavy atom. The van der Waals surface area contributed by atoms with Gasteiger partial charge < -0.3 is 20.3 Å². The first kappa shape index (κ1) is 13.9. The summed E-state index contributed by atoms with van der Waals surface area (Å²) in [5.41, 5.74) is 2.79. The number of benzene rings is 2. The minimum absolute atomic E-state index is 0.0298. The van der Waals surface area contributed by atoms with Gasteiger partial charge in [0, 0.05) is 18.5 Å². The van der Waals surface area contributed by atoms with E-state index in [2.05, 4.69) is 5.32 Å². The van der Waals surface area contributed by atoms with Crippen LogP contribution in [0, 0.1) is 0 Å². The number of likely N-dealkylation sites (N-methyl/N-ethyl adjacent to an activating group) is 1. The molecule has 1 heterocycles. The van der Waals surface area contributed by atoms with Gasteiger partial charge in [-0.2, -0.15) is 0 Å². The molecule has 4 heteroatoms. The number of hydrogen-bond donors (Lipinski definition) is 3. The van der Waals surface area contributed by atoms with Gasteiger partial charge >= 0.3 is 0 Å². The van der Waals surface area contributed by atoms with Crippen molar-refractivity contribution >= 4 is 0 Å². The minimum Gasteiger partial charge on any atom is -0.504 e. The molecule has 0 saturated heterocycles. The molecule has 3 N–H and O–H groups in total. The van der Waals surface area contributed by atoms with Gasteiger partial charge in [0.1, 0.15) is 0 Å². The Morgan fingerprint density at radius 3 is 2.62 bits per heavy atom. The molecule has 21 heavy (non-hydrogen) atoms. The Hall–Kier alpha value is -2.04. The zero-order valence-corrected chi connectivity index (χ0v) is 11.9. The van der Waals surface area contributed by atoms with Crippen LogP contribution in [-0.2, 0) is 11.2 Å². The Morgan fingerprint density at radius 1 is 1.14 bits per heavy atom. The number of hydrogen-bond acceptors (Lipinski definition) is 4. The zero-order chi connectivity index (χ0) is 14.8. The van der Waals surface area contributed by atoms with Gasteiger partial charge in [0.2, 0.25) is 0 Å². The van der Waals surface area contributed by atoms with E-state index in [4.69, 9.17) is 4.74 Å². The highest BCUT2D eigenvalue weighted by Gasteiger charge is 2.30. The summed E-state index contributed by atoms with van der Waals surface area (Å²) >= 11 is 0. The molecule has 0 aromatic heterocycles. The Bertz CT molecular complexity index is 627. The van der Waals surface area contributed by atoms with Crippen LogP contribution in [0.5, 0.6) is 11.5 Å². The van der Waals surface area contributed by atoms with Gasteiger partial charge in [-0.1, -0.05) is 36.4 Å². The van der Waals surface area contributed by atoms with E-state index in [1.165, 1.54) is 6.07 Å². The van der Waals surface area contributed by atoms with Crippen LogP contribution in [0.3, 0.4) is 0 Å². The second-order valence-corrected chi connectivity index (χ2v) is 5.29. The first-order valence-corrected chi connectivity index (χ1v) is 7.09. The van der Waals surface area contributed by atoms with E-state index in [-0.39, 0.29) is 23.7 Å². The lowest BCUT2D eigenvalue weighted by Gasteiger charge is -2.33. The number of aromatic hydroxyl groups is 2. The van der Waals surface area contributed by atoms with E-state index < -0.39 is 0 Å². The van der Waals surface area contributed by atoms with Crippen LogP contribution in [0.15, 0.2) is 42.5 Å². The van der Waals surface area contributed by atoms with E-state index in [1.54, 1.807) is 0 Å². The molecule has 2 unspecified atom stereocenters. The summed E-state index contributed by atoms with van der Waals surface area (Å²) in [5.74, 6) is -0.108. The molecule has 0 saturated carbocycles. The normalized spacial score (nSPS) is 21.0. The van der Waals surface area contributed by atoms with Crippen molar-refractivity contribution in [3.05, 3.63) is 59.2 Å². The van der Waals surface area contributed by atoms with Gasteiger partial charge in [-0.15, -0.1) is 0 Å². The molecule has 0 radical (unpaired) electrons. The van der Waals surface area contributed by atoms with Crippen LogP contribution in [0.25, 0.3) is 0 Å². The average molecular weight is 285 g/mol. The number of ether oxygens (including phenoxy) is 1. The molecule has 110 valence electrons. The molecule has 3 rings (SSSR count). The highest BCUT2D eigenvalue weighted by molar-refractivity contribution is 5.51. The smallest absolute Gasteiger partial charge is 0.161 e. The van der Waals surface area contributed by atoms with Crippen molar-refractivity contribution < 1.29 is 14.9 Å². The monoisotopic (exact) mass is 285 g/mol. The molecule has 2 aromatic carbocycles. The predicted molar refractivity (Wildman–Crippen MR) is 80.4 cm³/mol. The molecule has 0 amide bonds. The van der Waals surface area contributed by atoms with Crippen molar-refractivity contribution in [2.45, 2.75) is 18.6 Å². The van der Waals surface area contributed by atoms with Crippen molar-refractivity contribution in [2.75, 3.05) is 13.6 Å². The van der Waals surface area contributed by atoms with Crippen LogP contribution in [0.1, 0.15) is 28.9 Å². The quantitative estimate of drug-likeness (QED) is 0.759. The van der Waals surface area contributed by atoms with Crippen molar-refractivity contribution in [1.29, 1.82) is 0 Å². The summed E-state index contributed by atoms with van der Waals surface area (Å²) in [6.07, 6.45) is 0.292. The number of fused-ring (bicyclic) bond motifs is 1. The van der Waals surface area contributed by atoms with Crippen LogP contribution in [0.4, 0.5) is 0 Å². The number of nitrogens with one attached hydrogen (secondary N) is 1. The zero-order valence-electron chi connectivity index (χ0n) is 11.9. The number of phenolic OH excluding ortho intramolecular Hbond substituents is 2. The fraction of sp³-hybridized carbons (Fsp3) is 0.294. The average Bonchev–Trinajstić information content (AvgIpc) is 2.52. The molecule has 4 nitrogen and oxygen atoms in total. The van der Waals surface area contributed by atoms with Crippen molar-refractivity contribution in [1.82, 2.24) is 5.32 Å². The lowest BCUT2D eigenvalue weighted by atomic mass is 9.90. The van der Waals surface area contributed by atoms with E-state index in [9.17, 15) is 10.2 Å². The Balaban J connectivity index is 2.01. The third-order valence-corrected chi connectivity index (χ3v) is 3.92. The Kier molecular flexibility index (Phi) is 3.82. The molecule has 1 aliphatic rings. The summed E-state index contributed by atoms with van der Waals surface area (Å²) in [4.78, 5) is 0. The summed E-state index contributed by atoms with van der Waals surface area (Å²) in [7, 11) is 1.87. The van der Waals surface area contributed by atoms with Gasteiger partial charge in [0.05, 0.1) is 12.2 Å². The fourth-order valence-corrected chi connectivity index (χ4v) is 2.87. The highest BCUT2D eigenvalue weighted by atomic mass is 16.5. The van der Waals surface area contributed by atoms with E-state index >= 15 is 0 Å². The van der Waals surface area contributed by atoms with Gasteiger partial charge in [0.15, 0.2) is 11.5 Å². The predicted octanol–water partition coefficient (Wildman–Crippen LogP) is 2.67. The topological polar surface area (TPSA) is 61.7 Å². The molecule has 2 aromatic rings. The third kappa shape index (κ3) is 2.60. The van der Waals surface area contributed by atoms with Gasteiger partial charge in [-0.3, -0.25) is 0 Å². The summed E-state index contributed by atoms with van der Waals surface area (Å²) < 4.78 is 6.18. The fourth-order valence-electron chi connectivity index (χ4n) is 2.87. The number of rotatable bonds is 3. The molecular weight excluding hydrogens is 266 g/mol. The minimum atomic E-state index is -0.143. The van der Waals surface area contributed by atoms with E-state index in [0.717, 1.165) is 16.7 Å². The van der Waals surface area contributed by atoms with E-state index in [1.807, 2.05) is 43.4 Å². The molecule has 2 atom stereocenters. The van der Waals surface area contributed by atoms with Crippen molar-refractivity contribution in [2.24, 2.45) is 0 Å². The lowest BCUT2D eigenvalue weighted by molar-refractivity contribution is -0.0264. The van der Waals surface area contributed by atoms with Crippen LogP contribution in [-0.4, -0.2) is 23.8 Å². The standard InChI is InChI=1S/C17H19NO3/c1-18-10-16-12-7-8-14(19)17(20)13(12)9-15(21-16)11-5-3-2-4-6-11/h2-8,15-16,18-20H,9-10H2,1H3. The summed E-state index contributed by atoms with van der Waals surface area (Å²) in [6, 6.07) is 13.3. The van der Waals surface area contributed by atoms with Crippen molar-refractivity contribution in [3.8, 4) is 11.5 Å². The first-order chi connectivity index (χ1) is 10.2. The van der Waals surface area contributed by atoms with Crippen LogP contribution in [0.2, 0.25) is 0 Å². The van der Waals surface area contributed by atoms with E-state index in [0.29, 0.717) is 13.0 Å². The van der Waals surface area contributed by atoms with Gasteiger partial charge in [0.25, 0.3) is 0 Å².